The van der Waals surface area contributed by atoms with Crippen molar-refractivity contribution in [3.63, 3.8) is 0 Å². The summed E-state index contributed by atoms with van der Waals surface area (Å²) in [7, 11) is 1.56. The Morgan fingerprint density at radius 3 is 2.25 bits per heavy atom. The van der Waals surface area contributed by atoms with Crippen LogP contribution in [0.2, 0.25) is 0 Å². The lowest BCUT2D eigenvalue weighted by atomic mass is 9.48. The van der Waals surface area contributed by atoms with Crippen LogP contribution in [0.1, 0.15) is 51.0 Å². The molecular weight excluding hydrogens is 356 g/mol. The fourth-order valence-corrected chi connectivity index (χ4v) is 6.16. The second kappa shape index (κ2) is 7.41. The third kappa shape index (κ3) is 3.63. The first kappa shape index (κ1) is 19.3. The highest BCUT2D eigenvalue weighted by Crippen LogP contribution is 2.60. The van der Waals surface area contributed by atoms with Crippen LogP contribution >= 0.6 is 0 Å². The van der Waals surface area contributed by atoms with E-state index in [1.807, 2.05) is 19.1 Å². The Hall–Kier alpha value is -2.04. The highest BCUT2D eigenvalue weighted by molar-refractivity contribution is 5.90. The van der Waals surface area contributed by atoms with Crippen molar-refractivity contribution in [3.8, 4) is 11.5 Å². The van der Waals surface area contributed by atoms with E-state index in [1.165, 1.54) is 19.3 Å². The van der Waals surface area contributed by atoms with Crippen molar-refractivity contribution in [1.29, 1.82) is 0 Å². The molecule has 152 valence electrons. The Kier molecular flexibility index (Phi) is 5.11. The number of ketones is 1. The fraction of sp³-hybridized carbons (Fsp3) is 0.652. The number of carbonyl (C=O) groups is 2. The van der Waals surface area contributed by atoms with Crippen LogP contribution in [-0.4, -0.2) is 31.6 Å². The van der Waals surface area contributed by atoms with Gasteiger partial charge in [-0.05, 0) is 87.8 Å². The van der Waals surface area contributed by atoms with Gasteiger partial charge in [0.25, 0.3) is 0 Å². The highest BCUT2D eigenvalue weighted by atomic mass is 16.6. The quantitative estimate of drug-likeness (QED) is 0.660. The number of rotatable bonds is 7. The summed E-state index contributed by atoms with van der Waals surface area (Å²) in [6.07, 6.45) is 6.09. The summed E-state index contributed by atoms with van der Waals surface area (Å²) in [4.78, 5) is 25.5. The maximum absolute atomic E-state index is 13.2. The zero-order valence-electron chi connectivity index (χ0n) is 17.0. The molecular formula is C23H30O5. The zero-order valence-corrected chi connectivity index (χ0v) is 17.0. The van der Waals surface area contributed by atoms with E-state index in [0.29, 0.717) is 29.3 Å². The molecule has 4 aliphatic carbocycles. The zero-order chi connectivity index (χ0) is 19.9. The molecule has 0 aliphatic heterocycles. The van der Waals surface area contributed by atoms with Gasteiger partial charge in [-0.15, -0.1) is 0 Å². The first-order chi connectivity index (χ1) is 13.4. The molecule has 0 radical (unpaired) electrons. The first-order valence-corrected chi connectivity index (χ1v) is 10.4. The van der Waals surface area contributed by atoms with E-state index in [2.05, 4.69) is 0 Å². The average molecular weight is 386 g/mol. The van der Waals surface area contributed by atoms with Crippen molar-refractivity contribution in [2.45, 2.75) is 58.5 Å². The number of methoxy groups -OCH3 is 1. The minimum Gasteiger partial charge on any atom is -0.493 e. The van der Waals surface area contributed by atoms with E-state index < -0.39 is 12.1 Å². The van der Waals surface area contributed by atoms with Gasteiger partial charge < -0.3 is 14.2 Å². The van der Waals surface area contributed by atoms with E-state index in [1.54, 1.807) is 20.1 Å². The third-order valence-electron chi connectivity index (χ3n) is 6.90. The van der Waals surface area contributed by atoms with E-state index in [9.17, 15) is 9.59 Å². The lowest BCUT2D eigenvalue weighted by Crippen LogP contribution is -2.52. The van der Waals surface area contributed by atoms with Crippen LogP contribution in [0, 0.1) is 30.1 Å². The molecule has 0 unspecified atom stereocenters. The fourth-order valence-electron chi connectivity index (χ4n) is 6.16. The summed E-state index contributed by atoms with van der Waals surface area (Å²) in [6, 6.07) is 5.51. The number of Topliss-reactive ketones (excluding diaryl/α,β-unsaturated/α-hetero) is 1. The number of benzene rings is 1. The normalized spacial score (nSPS) is 31.3. The summed E-state index contributed by atoms with van der Waals surface area (Å²) in [5, 5.41) is 0. The molecule has 1 atom stereocenters. The van der Waals surface area contributed by atoms with Crippen molar-refractivity contribution in [3.05, 3.63) is 23.8 Å². The number of esters is 1. The first-order valence-electron chi connectivity index (χ1n) is 10.4. The lowest BCUT2D eigenvalue weighted by Gasteiger charge is -2.56. The summed E-state index contributed by atoms with van der Waals surface area (Å²) >= 11 is 0. The van der Waals surface area contributed by atoms with Crippen LogP contribution < -0.4 is 9.47 Å². The molecule has 4 bridgehead atoms. The molecule has 5 heteroatoms. The summed E-state index contributed by atoms with van der Waals surface area (Å²) in [6.45, 7) is 3.43. The monoisotopic (exact) mass is 386 g/mol. The largest absolute Gasteiger partial charge is 0.493 e. The predicted octanol–water partition coefficient (Wildman–Crippen LogP) is 4.10. The average Bonchev–Trinajstić information content (AvgIpc) is 2.65. The summed E-state index contributed by atoms with van der Waals surface area (Å²) < 4.78 is 16.3. The van der Waals surface area contributed by atoms with Crippen LogP contribution in [0.25, 0.3) is 0 Å². The molecule has 0 heterocycles. The van der Waals surface area contributed by atoms with Crippen LogP contribution in [-0.2, 0) is 14.3 Å². The maximum Gasteiger partial charge on any atom is 0.344 e. The Morgan fingerprint density at radius 2 is 1.68 bits per heavy atom. The second-order valence-electron chi connectivity index (χ2n) is 9.14. The van der Waals surface area contributed by atoms with Gasteiger partial charge in [0.05, 0.1) is 7.11 Å². The van der Waals surface area contributed by atoms with Gasteiger partial charge in [-0.25, -0.2) is 4.79 Å². The SMILES string of the molecule is COc1cc(C)ccc1OCC(=O)O[C@H](C)C(=O)C12CC3CC(CC(C3)C1)C2. The van der Waals surface area contributed by atoms with Gasteiger partial charge >= 0.3 is 5.97 Å². The van der Waals surface area contributed by atoms with Crippen LogP contribution in [0.15, 0.2) is 18.2 Å². The van der Waals surface area contributed by atoms with E-state index in [-0.39, 0.29) is 17.8 Å². The van der Waals surface area contributed by atoms with E-state index in [0.717, 1.165) is 24.8 Å². The topological polar surface area (TPSA) is 61.8 Å². The number of ether oxygens (including phenoxy) is 3. The minimum atomic E-state index is -0.715. The number of hydrogen-bond acceptors (Lipinski definition) is 5. The van der Waals surface area contributed by atoms with Crippen LogP contribution in [0.4, 0.5) is 0 Å². The van der Waals surface area contributed by atoms with Crippen molar-refractivity contribution < 1.29 is 23.8 Å². The lowest BCUT2D eigenvalue weighted by molar-refractivity contribution is -0.166. The second-order valence-corrected chi connectivity index (χ2v) is 9.14. The van der Waals surface area contributed by atoms with Crippen molar-refractivity contribution in [1.82, 2.24) is 0 Å². The maximum atomic E-state index is 13.2. The predicted molar refractivity (Wildman–Crippen MR) is 104 cm³/mol. The Balaban J connectivity index is 1.34. The van der Waals surface area contributed by atoms with Gasteiger partial charge in [-0.3, -0.25) is 4.79 Å². The van der Waals surface area contributed by atoms with Crippen molar-refractivity contribution in [2.24, 2.45) is 23.2 Å². The smallest absolute Gasteiger partial charge is 0.344 e. The van der Waals surface area contributed by atoms with E-state index in [4.69, 9.17) is 14.2 Å². The molecule has 1 aromatic carbocycles. The Morgan fingerprint density at radius 1 is 1.07 bits per heavy atom. The molecule has 5 rings (SSSR count). The molecule has 0 aromatic heterocycles. The third-order valence-corrected chi connectivity index (χ3v) is 6.90. The van der Waals surface area contributed by atoms with Gasteiger partial charge in [0.2, 0.25) is 0 Å². The molecule has 0 spiro atoms. The minimum absolute atomic E-state index is 0.118. The molecule has 0 saturated heterocycles. The highest BCUT2D eigenvalue weighted by Gasteiger charge is 2.55. The van der Waals surface area contributed by atoms with E-state index >= 15 is 0 Å². The van der Waals surface area contributed by atoms with Gasteiger partial charge in [0, 0.05) is 5.41 Å². The van der Waals surface area contributed by atoms with Gasteiger partial charge in [-0.1, -0.05) is 6.07 Å². The molecule has 0 N–H and O–H groups in total. The number of hydrogen-bond donors (Lipinski definition) is 0. The molecule has 5 nitrogen and oxygen atoms in total. The molecule has 4 fully saturated rings. The number of carbonyl (C=O) groups excluding carboxylic acids is 2. The molecule has 4 aliphatic rings. The van der Waals surface area contributed by atoms with Gasteiger partial charge in [0.1, 0.15) is 0 Å². The van der Waals surface area contributed by atoms with Crippen LogP contribution in [0.5, 0.6) is 11.5 Å². The molecule has 28 heavy (non-hydrogen) atoms. The summed E-state index contributed by atoms with van der Waals surface area (Å²) in [5.41, 5.74) is 0.789. The molecule has 4 saturated carbocycles. The standard InChI is InChI=1S/C23H30O5/c1-14-4-5-19(20(6-14)26-3)27-13-21(24)28-15(2)22(25)23-10-16-7-17(11-23)9-18(8-16)12-23/h4-6,15-18H,7-13H2,1-3H3/t15-,16?,17?,18?,23?/m1/s1. The number of aryl methyl sites for hydroxylation is 1. The van der Waals surface area contributed by atoms with Gasteiger partial charge in [-0.2, -0.15) is 0 Å². The van der Waals surface area contributed by atoms with Gasteiger partial charge in [0.15, 0.2) is 30.0 Å². The van der Waals surface area contributed by atoms with Crippen molar-refractivity contribution in [2.75, 3.05) is 13.7 Å². The van der Waals surface area contributed by atoms with Crippen molar-refractivity contribution >= 4 is 11.8 Å². The molecule has 0 amide bonds. The Labute approximate surface area is 166 Å². The van der Waals surface area contributed by atoms with Crippen LogP contribution in [0.3, 0.4) is 0 Å². The summed E-state index contributed by atoms with van der Waals surface area (Å²) in [5.74, 6) is 2.73. The Bertz CT molecular complexity index is 733. The molecule has 1 aromatic rings.